The molecule has 0 radical (unpaired) electrons. The molecular weight excluding hydrogens is 234 g/mol. The van der Waals surface area contributed by atoms with Gasteiger partial charge in [0.1, 0.15) is 0 Å². The summed E-state index contributed by atoms with van der Waals surface area (Å²) < 4.78 is 0. The van der Waals surface area contributed by atoms with Gasteiger partial charge in [0.2, 0.25) is 0 Å². The van der Waals surface area contributed by atoms with Crippen LogP contribution in [0, 0.1) is 0 Å². The summed E-state index contributed by atoms with van der Waals surface area (Å²) in [4.78, 5) is 0. The maximum absolute atomic E-state index is 9.22. The molecule has 0 atom stereocenters. The molecule has 0 spiro atoms. The number of aliphatic hydroxyl groups is 1. The molecule has 0 unspecified atom stereocenters. The maximum atomic E-state index is 9.22. The molecule has 3 heteroatoms. The number of hydrogen-bond acceptors (Lipinski definition) is 2. The van der Waals surface area contributed by atoms with Crippen LogP contribution in [0.3, 0.4) is 0 Å². The van der Waals surface area contributed by atoms with Crippen LogP contribution in [0.15, 0.2) is 24.3 Å². The molecule has 17 heavy (non-hydrogen) atoms. The second-order valence-corrected chi connectivity index (χ2v) is 6.22. The van der Waals surface area contributed by atoms with E-state index in [1.165, 1.54) is 5.56 Å². The molecule has 0 saturated heterocycles. The first kappa shape index (κ1) is 14.5. The molecule has 0 saturated carbocycles. The van der Waals surface area contributed by atoms with E-state index in [1.54, 1.807) is 0 Å². The van der Waals surface area contributed by atoms with Crippen LogP contribution in [-0.2, 0) is 5.41 Å². The zero-order chi connectivity index (χ0) is 13.1. The van der Waals surface area contributed by atoms with E-state index in [0.29, 0.717) is 0 Å². The number of benzene rings is 1. The van der Waals surface area contributed by atoms with Crippen LogP contribution in [0.1, 0.15) is 33.3 Å². The standard InChI is InChI=1S/C14H22ClNO/c1-13(2,9-16-14(3,4)10-17)11-5-7-12(15)8-6-11/h5-8,16-17H,9-10H2,1-4H3. The molecule has 0 aromatic heterocycles. The Morgan fingerprint density at radius 3 is 2.12 bits per heavy atom. The zero-order valence-corrected chi connectivity index (χ0v) is 11.8. The lowest BCUT2D eigenvalue weighted by molar-refractivity contribution is 0.181. The second kappa shape index (κ2) is 5.38. The number of halogens is 1. The van der Waals surface area contributed by atoms with Gasteiger partial charge < -0.3 is 10.4 Å². The van der Waals surface area contributed by atoms with Gasteiger partial charge in [0.25, 0.3) is 0 Å². The molecule has 1 aromatic carbocycles. The van der Waals surface area contributed by atoms with Crippen LogP contribution < -0.4 is 5.32 Å². The summed E-state index contributed by atoms with van der Waals surface area (Å²) in [5.74, 6) is 0. The Labute approximate surface area is 109 Å². The Bertz CT molecular complexity index is 357. The fourth-order valence-corrected chi connectivity index (χ4v) is 1.65. The van der Waals surface area contributed by atoms with Crippen LogP contribution >= 0.6 is 11.6 Å². The van der Waals surface area contributed by atoms with Crippen molar-refractivity contribution in [1.82, 2.24) is 5.32 Å². The van der Waals surface area contributed by atoms with Gasteiger partial charge in [-0.25, -0.2) is 0 Å². The van der Waals surface area contributed by atoms with Crippen molar-refractivity contribution in [2.45, 2.75) is 38.6 Å². The molecule has 96 valence electrons. The van der Waals surface area contributed by atoms with Crippen molar-refractivity contribution >= 4 is 11.6 Å². The van der Waals surface area contributed by atoms with Crippen LogP contribution in [0.5, 0.6) is 0 Å². The van der Waals surface area contributed by atoms with E-state index in [-0.39, 0.29) is 17.6 Å². The molecule has 0 aliphatic heterocycles. The molecule has 0 fully saturated rings. The molecule has 1 aromatic rings. The summed E-state index contributed by atoms with van der Waals surface area (Å²) in [5, 5.41) is 13.4. The fourth-order valence-electron chi connectivity index (χ4n) is 1.52. The summed E-state index contributed by atoms with van der Waals surface area (Å²) in [7, 11) is 0. The first-order valence-corrected chi connectivity index (χ1v) is 6.27. The van der Waals surface area contributed by atoms with Gasteiger partial charge in [-0.2, -0.15) is 0 Å². The van der Waals surface area contributed by atoms with E-state index in [1.807, 2.05) is 26.0 Å². The van der Waals surface area contributed by atoms with Gasteiger partial charge in [-0.1, -0.05) is 37.6 Å². The maximum Gasteiger partial charge on any atom is 0.0607 e. The van der Waals surface area contributed by atoms with Crippen molar-refractivity contribution in [3.8, 4) is 0 Å². The predicted octanol–water partition coefficient (Wildman–Crippen LogP) is 2.98. The van der Waals surface area contributed by atoms with Crippen molar-refractivity contribution in [3.05, 3.63) is 34.9 Å². The van der Waals surface area contributed by atoms with Gasteiger partial charge in [-0.15, -0.1) is 0 Å². The van der Waals surface area contributed by atoms with Crippen molar-refractivity contribution in [3.63, 3.8) is 0 Å². The minimum absolute atomic E-state index is 0.0109. The van der Waals surface area contributed by atoms with Crippen LogP contribution in [-0.4, -0.2) is 23.8 Å². The summed E-state index contributed by atoms with van der Waals surface area (Å²) in [6.07, 6.45) is 0. The smallest absolute Gasteiger partial charge is 0.0607 e. The zero-order valence-electron chi connectivity index (χ0n) is 11.0. The van der Waals surface area contributed by atoms with Crippen molar-refractivity contribution in [2.75, 3.05) is 13.2 Å². The van der Waals surface area contributed by atoms with Crippen molar-refractivity contribution in [1.29, 1.82) is 0 Å². The molecule has 0 aliphatic rings. The van der Waals surface area contributed by atoms with Gasteiger partial charge in [0.05, 0.1) is 6.61 Å². The first-order chi connectivity index (χ1) is 7.77. The highest BCUT2D eigenvalue weighted by atomic mass is 35.5. The van der Waals surface area contributed by atoms with Gasteiger partial charge in [-0.3, -0.25) is 0 Å². The van der Waals surface area contributed by atoms with Crippen LogP contribution in [0.2, 0.25) is 5.02 Å². The Hall–Kier alpha value is -0.570. The monoisotopic (exact) mass is 255 g/mol. The summed E-state index contributed by atoms with van der Waals surface area (Å²) in [6.45, 7) is 9.27. The summed E-state index contributed by atoms with van der Waals surface area (Å²) in [6, 6.07) is 7.93. The van der Waals surface area contributed by atoms with E-state index in [9.17, 15) is 5.11 Å². The van der Waals surface area contributed by atoms with E-state index in [2.05, 4.69) is 31.3 Å². The summed E-state index contributed by atoms with van der Waals surface area (Å²) >= 11 is 5.89. The van der Waals surface area contributed by atoms with Gasteiger partial charge >= 0.3 is 0 Å². The third kappa shape index (κ3) is 4.30. The quantitative estimate of drug-likeness (QED) is 0.848. The molecule has 2 nitrogen and oxygen atoms in total. The highest BCUT2D eigenvalue weighted by Gasteiger charge is 2.24. The van der Waals surface area contributed by atoms with E-state index < -0.39 is 0 Å². The Morgan fingerprint density at radius 1 is 1.12 bits per heavy atom. The highest BCUT2D eigenvalue weighted by Crippen LogP contribution is 2.24. The predicted molar refractivity (Wildman–Crippen MR) is 73.6 cm³/mol. The Kier molecular flexibility index (Phi) is 4.59. The molecule has 0 heterocycles. The number of rotatable bonds is 5. The lowest BCUT2D eigenvalue weighted by Gasteiger charge is -2.32. The Morgan fingerprint density at radius 2 is 1.65 bits per heavy atom. The number of hydrogen-bond donors (Lipinski definition) is 2. The number of nitrogens with one attached hydrogen (secondary N) is 1. The highest BCUT2D eigenvalue weighted by molar-refractivity contribution is 6.30. The lowest BCUT2D eigenvalue weighted by Crippen LogP contribution is -2.48. The van der Waals surface area contributed by atoms with Gasteiger partial charge in [-0.05, 0) is 31.5 Å². The summed E-state index contributed by atoms with van der Waals surface area (Å²) in [5.41, 5.74) is 1.00. The van der Waals surface area contributed by atoms with Crippen molar-refractivity contribution < 1.29 is 5.11 Å². The molecule has 1 rings (SSSR count). The van der Waals surface area contributed by atoms with Crippen LogP contribution in [0.25, 0.3) is 0 Å². The first-order valence-electron chi connectivity index (χ1n) is 5.89. The molecule has 0 amide bonds. The minimum Gasteiger partial charge on any atom is -0.394 e. The van der Waals surface area contributed by atoms with Gasteiger partial charge in [0, 0.05) is 22.5 Å². The molecular formula is C14H22ClNO. The van der Waals surface area contributed by atoms with E-state index in [0.717, 1.165) is 11.6 Å². The molecule has 0 aliphatic carbocycles. The average Bonchev–Trinajstić information content (AvgIpc) is 2.27. The van der Waals surface area contributed by atoms with Crippen molar-refractivity contribution in [2.24, 2.45) is 0 Å². The fraction of sp³-hybridized carbons (Fsp3) is 0.571. The van der Waals surface area contributed by atoms with Crippen LogP contribution in [0.4, 0.5) is 0 Å². The number of aliphatic hydroxyl groups excluding tert-OH is 1. The van der Waals surface area contributed by atoms with E-state index >= 15 is 0 Å². The van der Waals surface area contributed by atoms with Gasteiger partial charge in [0.15, 0.2) is 0 Å². The lowest BCUT2D eigenvalue weighted by atomic mass is 9.84. The topological polar surface area (TPSA) is 32.3 Å². The Balaban J connectivity index is 2.71. The second-order valence-electron chi connectivity index (χ2n) is 5.79. The third-order valence-corrected chi connectivity index (χ3v) is 3.28. The SMILES string of the molecule is CC(C)(CO)NCC(C)(C)c1ccc(Cl)cc1. The largest absolute Gasteiger partial charge is 0.394 e. The third-order valence-electron chi connectivity index (χ3n) is 3.03. The normalized spacial score (nSPS) is 12.8. The average molecular weight is 256 g/mol. The molecule has 2 N–H and O–H groups in total. The molecule has 0 bridgehead atoms. The van der Waals surface area contributed by atoms with E-state index in [4.69, 9.17) is 11.6 Å². The minimum atomic E-state index is -0.246.